The summed E-state index contributed by atoms with van der Waals surface area (Å²) < 4.78 is 0. The van der Waals surface area contributed by atoms with Crippen LogP contribution in [0.3, 0.4) is 0 Å². The summed E-state index contributed by atoms with van der Waals surface area (Å²) in [6.45, 7) is 6.43. The van der Waals surface area contributed by atoms with Gasteiger partial charge in [0, 0.05) is 0 Å². The molecule has 1 N–H and O–H groups in total. The molecule has 0 saturated carbocycles. The second-order valence-corrected chi connectivity index (χ2v) is 3.66. The van der Waals surface area contributed by atoms with Gasteiger partial charge in [-0.2, -0.15) is 0 Å². The van der Waals surface area contributed by atoms with Gasteiger partial charge in [-0.05, 0) is 42.5 Å². The van der Waals surface area contributed by atoms with Gasteiger partial charge < -0.3 is 5.11 Å². The average molecular weight is 190 g/mol. The van der Waals surface area contributed by atoms with Crippen molar-refractivity contribution in [1.29, 1.82) is 0 Å². The standard InChI is InChI=1S/C13H18O/c1-4-12(9-14)8-13-6-5-10(2)11(3)7-13/h5-8,14H,4,9H2,1-3H3/b12-8-. The van der Waals surface area contributed by atoms with Gasteiger partial charge in [0.2, 0.25) is 0 Å². The average Bonchev–Trinajstić information content (AvgIpc) is 2.19. The van der Waals surface area contributed by atoms with Crippen LogP contribution in [0.2, 0.25) is 0 Å². The second-order valence-electron chi connectivity index (χ2n) is 3.66. The van der Waals surface area contributed by atoms with E-state index in [1.807, 2.05) is 0 Å². The summed E-state index contributed by atoms with van der Waals surface area (Å²) in [5.74, 6) is 0. The van der Waals surface area contributed by atoms with E-state index in [0.717, 1.165) is 12.0 Å². The lowest BCUT2D eigenvalue weighted by Crippen LogP contribution is -1.89. The van der Waals surface area contributed by atoms with Crippen molar-refractivity contribution in [2.45, 2.75) is 27.2 Å². The van der Waals surface area contributed by atoms with Crippen molar-refractivity contribution in [2.24, 2.45) is 0 Å². The highest BCUT2D eigenvalue weighted by atomic mass is 16.3. The summed E-state index contributed by atoms with van der Waals surface area (Å²) in [7, 11) is 0. The van der Waals surface area contributed by atoms with Crippen molar-refractivity contribution < 1.29 is 5.11 Å². The topological polar surface area (TPSA) is 20.2 Å². The van der Waals surface area contributed by atoms with Gasteiger partial charge in [-0.25, -0.2) is 0 Å². The zero-order chi connectivity index (χ0) is 10.6. The summed E-state index contributed by atoms with van der Waals surface area (Å²) in [6, 6.07) is 6.36. The Kier molecular flexibility index (Phi) is 3.90. The SMILES string of the molecule is CC/C(=C/c1ccc(C)c(C)c1)CO. The number of aliphatic hydroxyl groups excluding tert-OH is 1. The number of hydrogen-bond donors (Lipinski definition) is 1. The van der Waals surface area contributed by atoms with Crippen LogP contribution in [0.25, 0.3) is 6.08 Å². The van der Waals surface area contributed by atoms with Crippen LogP contribution in [0.1, 0.15) is 30.0 Å². The van der Waals surface area contributed by atoms with Crippen molar-refractivity contribution in [2.75, 3.05) is 6.61 Å². The molecule has 0 aromatic heterocycles. The van der Waals surface area contributed by atoms with Crippen molar-refractivity contribution in [3.63, 3.8) is 0 Å². The first kappa shape index (κ1) is 11.0. The molecule has 0 heterocycles. The highest BCUT2D eigenvalue weighted by molar-refractivity contribution is 5.54. The fourth-order valence-corrected chi connectivity index (χ4v) is 1.35. The van der Waals surface area contributed by atoms with E-state index in [2.05, 4.69) is 45.0 Å². The van der Waals surface area contributed by atoms with E-state index in [0.29, 0.717) is 0 Å². The minimum atomic E-state index is 0.156. The van der Waals surface area contributed by atoms with E-state index >= 15 is 0 Å². The van der Waals surface area contributed by atoms with Crippen LogP contribution in [0.4, 0.5) is 0 Å². The molecule has 1 aromatic rings. The molecule has 0 fully saturated rings. The highest BCUT2D eigenvalue weighted by Gasteiger charge is 1.96. The molecular formula is C13H18O. The summed E-state index contributed by atoms with van der Waals surface area (Å²) in [6.07, 6.45) is 2.97. The Morgan fingerprint density at radius 1 is 1.29 bits per heavy atom. The molecule has 1 aromatic carbocycles. The van der Waals surface area contributed by atoms with Crippen LogP contribution in [0.5, 0.6) is 0 Å². The molecule has 0 atom stereocenters. The molecule has 0 aliphatic rings. The number of benzene rings is 1. The van der Waals surface area contributed by atoms with E-state index in [-0.39, 0.29) is 6.61 Å². The third kappa shape index (κ3) is 2.71. The van der Waals surface area contributed by atoms with Gasteiger partial charge in [0.25, 0.3) is 0 Å². The molecule has 1 rings (SSSR count). The van der Waals surface area contributed by atoms with Gasteiger partial charge in [-0.3, -0.25) is 0 Å². The molecule has 1 heteroatoms. The van der Waals surface area contributed by atoms with Gasteiger partial charge >= 0.3 is 0 Å². The van der Waals surface area contributed by atoms with Gasteiger partial charge in [0.15, 0.2) is 0 Å². The summed E-state index contributed by atoms with van der Waals surface area (Å²) >= 11 is 0. The Balaban J connectivity index is 2.97. The summed E-state index contributed by atoms with van der Waals surface area (Å²) in [4.78, 5) is 0. The van der Waals surface area contributed by atoms with Crippen LogP contribution in [-0.4, -0.2) is 11.7 Å². The fourth-order valence-electron chi connectivity index (χ4n) is 1.35. The molecule has 0 amide bonds. The molecule has 0 spiro atoms. The third-order valence-electron chi connectivity index (χ3n) is 2.56. The van der Waals surface area contributed by atoms with Gasteiger partial charge in [-0.15, -0.1) is 0 Å². The first-order chi connectivity index (χ1) is 6.67. The molecule has 0 radical (unpaired) electrons. The number of aryl methyl sites for hydroxylation is 2. The number of hydrogen-bond acceptors (Lipinski definition) is 1. The molecule has 14 heavy (non-hydrogen) atoms. The quantitative estimate of drug-likeness (QED) is 0.776. The summed E-state index contributed by atoms with van der Waals surface area (Å²) in [5, 5.41) is 9.04. The van der Waals surface area contributed by atoms with Gasteiger partial charge in [0.1, 0.15) is 0 Å². The Hall–Kier alpha value is -1.08. The first-order valence-electron chi connectivity index (χ1n) is 5.05. The molecule has 1 nitrogen and oxygen atoms in total. The van der Waals surface area contributed by atoms with Crippen molar-refractivity contribution >= 4 is 6.08 Å². The lowest BCUT2D eigenvalue weighted by molar-refractivity contribution is 0.329. The molecule has 76 valence electrons. The molecular weight excluding hydrogens is 172 g/mol. The number of aliphatic hydroxyl groups is 1. The normalized spacial score (nSPS) is 11.9. The zero-order valence-corrected chi connectivity index (χ0v) is 9.17. The van der Waals surface area contributed by atoms with E-state index in [1.165, 1.54) is 16.7 Å². The van der Waals surface area contributed by atoms with Crippen LogP contribution in [0.15, 0.2) is 23.8 Å². The fraction of sp³-hybridized carbons (Fsp3) is 0.385. The number of rotatable bonds is 3. The maximum Gasteiger partial charge on any atom is 0.0644 e. The highest BCUT2D eigenvalue weighted by Crippen LogP contribution is 2.14. The zero-order valence-electron chi connectivity index (χ0n) is 9.17. The lowest BCUT2D eigenvalue weighted by atomic mass is 10.0. The van der Waals surface area contributed by atoms with Crippen LogP contribution in [0, 0.1) is 13.8 Å². The maximum atomic E-state index is 9.04. The van der Waals surface area contributed by atoms with Crippen molar-refractivity contribution in [3.8, 4) is 0 Å². The minimum Gasteiger partial charge on any atom is -0.392 e. The predicted octanol–water partition coefficient (Wildman–Crippen LogP) is 3.09. The monoisotopic (exact) mass is 190 g/mol. The predicted molar refractivity (Wildman–Crippen MR) is 61.3 cm³/mol. The van der Waals surface area contributed by atoms with Crippen LogP contribution in [-0.2, 0) is 0 Å². The minimum absolute atomic E-state index is 0.156. The van der Waals surface area contributed by atoms with Gasteiger partial charge in [0.05, 0.1) is 6.61 Å². The molecule has 0 saturated heterocycles. The van der Waals surface area contributed by atoms with Gasteiger partial charge in [-0.1, -0.05) is 31.2 Å². The largest absolute Gasteiger partial charge is 0.392 e. The Morgan fingerprint density at radius 2 is 2.00 bits per heavy atom. The van der Waals surface area contributed by atoms with E-state index in [4.69, 9.17) is 5.11 Å². The van der Waals surface area contributed by atoms with Crippen LogP contribution >= 0.6 is 0 Å². The molecule has 0 aliphatic heterocycles. The maximum absolute atomic E-state index is 9.04. The smallest absolute Gasteiger partial charge is 0.0644 e. The Labute approximate surface area is 86.1 Å². The molecule has 0 bridgehead atoms. The van der Waals surface area contributed by atoms with E-state index in [1.54, 1.807) is 0 Å². The summed E-state index contributed by atoms with van der Waals surface area (Å²) in [5.41, 5.74) is 4.86. The molecule has 0 aliphatic carbocycles. The van der Waals surface area contributed by atoms with E-state index < -0.39 is 0 Å². The van der Waals surface area contributed by atoms with Crippen LogP contribution < -0.4 is 0 Å². The van der Waals surface area contributed by atoms with E-state index in [9.17, 15) is 0 Å². The molecule has 0 unspecified atom stereocenters. The van der Waals surface area contributed by atoms with Crippen molar-refractivity contribution in [3.05, 3.63) is 40.5 Å². The second kappa shape index (κ2) is 4.97. The Bertz CT molecular complexity index is 331. The third-order valence-corrected chi connectivity index (χ3v) is 2.56. The first-order valence-corrected chi connectivity index (χ1v) is 5.05. The van der Waals surface area contributed by atoms with Crippen molar-refractivity contribution in [1.82, 2.24) is 0 Å². The lowest BCUT2D eigenvalue weighted by Gasteiger charge is -2.03. The Morgan fingerprint density at radius 3 is 2.50 bits per heavy atom.